The lowest BCUT2D eigenvalue weighted by Crippen LogP contribution is -2.45. The Hall–Kier alpha value is -1.79. The average molecular weight is 477 g/mol. The molecular formula is C26H56N2O5. The van der Waals surface area contributed by atoms with Crippen molar-refractivity contribution in [1.29, 1.82) is 0 Å². The van der Waals surface area contributed by atoms with Gasteiger partial charge in [0.15, 0.2) is 0 Å². The summed E-state index contributed by atoms with van der Waals surface area (Å²) in [7, 11) is 3.01. The van der Waals surface area contributed by atoms with Crippen LogP contribution in [0.3, 0.4) is 0 Å². The molecule has 0 saturated heterocycles. The molecule has 0 aliphatic carbocycles. The van der Waals surface area contributed by atoms with Gasteiger partial charge in [-0.3, -0.25) is 9.59 Å². The highest BCUT2D eigenvalue weighted by Crippen LogP contribution is 2.19. The molecule has 0 aromatic heterocycles. The number of amides is 2. The molecule has 0 aliphatic heterocycles. The molecule has 0 unspecified atom stereocenters. The Labute approximate surface area is 205 Å². The zero-order valence-electron chi connectivity index (χ0n) is 24.7. The number of ether oxygens (including phenoxy) is 2. The number of rotatable bonds is 3. The standard InChI is InChI=1S/C8H16O2.C7H14O2.C6H14N2O.C5H12/c1-5-10-7(9)6-8(2,3)4;1-7(2,3)5-6(8)9-4;1-6(2,3)8-5(9)7-4;1-5(2,3)4/h5-6H2,1-4H3;5H2,1-4H3;1-4H3,(H2,7,8,9);1-4H3. The first-order chi connectivity index (χ1) is 14.4. The quantitative estimate of drug-likeness (QED) is 0.463. The van der Waals surface area contributed by atoms with Crippen LogP contribution in [0.15, 0.2) is 0 Å². The van der Waals surface area contributed by atoms with Crippen molar-refractivity contribution < 1.29 is 23.9 Å². The van der Waals surface area contributed by atoms with E-state index in [9.17, 15) is 14.4 Å². The van der Waals surface area contributed by atoms with Gasteiger partial charge in [-0.1, -0.05) is 69.2 Å². The van der Waals surface area contributed by atoms with Crippen molar-refractivity contribution in [3.63, 3.8) is 0 Å². The minimum atomic E-state index is -0.139. The maximum Gasteiger partial charge on any atom is 0.314 e. The largest absolute Gasteiger partial charge is 0.469 e. The van der Waals surface area contributed by atoms with Crippen LogP contribution in [0.1, 0.15) is 110 Å². The van der Waals surface area contributed by atoms with E-state index in [0.29, 0.717) is 24.9 Å². The molecule has 0 radical (unpaired) electrons. The maximum atomic E-state index is 10.8. The lowest BCUT2D eigenvalue weighted by Gasteiger charge is -2.19. The first-order valence-corrected chi connectivity index (χ1v) is 11.6. The van der Waals surface area contributed by atoms with Crippen LogP contribution < -0.4 is 10.6 Å². The van der Waals surface area contributed by atoms with Gasteiger partial charge < -0.3 is 20.1 Å². The van der Waals surface area contributed by atoms with E-state index in [2.05, 4.69) is 43.1 Å². The van der Waals surface area contributed by atoms with Crippen LogP contribution in [-0.2, 0) is 19.1 Å². The van der Waals surface area contributed by atoms with Crippen molar-refractivity contribution in [1.82, 2.24) is 10.6 Å². The fourth-order valence-corrected chi connectivity index (χ4v) is 1.55. The molecule has 0 rings (SSSR count). The highest BCUT2D eigenvalue weighted by Gasteiger charge is 2.16. The lowest BCUT2D eigenvalue weighted by molar-refractivity contribution is -0.145. The average Bonchev–Trinajstić information content (AvgIpc) is 2.49. The predicted molar refractivity (Wildman–Crippen MR) is 139 cm³/mol. The van der Waals surface area contributed by atoms with Crippen LogP contribution >= 0.6 is 0 Å². The van der Waals surface area contributed by atoms with Gasteiger partial charge in [-0.25, -0.2) is 4.79 Å². The second-order valence-electron chi connectivity index (χ2n) is 12.8. The number of nitrogens with one attached hydrogen (secondary N) is 2. The summed E-state index contributed by atoms with van der Waals surface area (Å²) in [4.78, 5) is 32.0. The van der Waals surface area contributed by atoms with Crippen molar-refractivity contribution >= 4 is 18.0 Å². The van der Waals surface area contributed by atoms with Gasteiger partial charge in [-0.05, 0) is 43.9 Å². The molecule has 0 aromatic rings. The molecule has 0 heterocycles. The van der Waals surface area contributed by atoms with Crippen LogP contribution in [0.4, 0.5) is 4.79 Å². The van der Waals surface area contributed by atoms with Crippen LogP contribution in [0.2, 0.25) is 0 Å². The molecule has 2 amide bonds. The number of hydrogen-bond acceptors (Lipinski definition) is 5. The zero-order chi connectivity index (χ0) is 27.7. The van der Waals surface area contributed by atoms with E-state index >= 15 is 0 Å². The molecule has 0 atom stereocenters. The summed E-state index contributed by atoms with van der Waals surface area (Å²) in [5, 5.41) is 5.19. The molecule has 0 saturated carbocycles. The van der Waals surface area contributed by atoms with Gasteiger partial charge in [0.25, 0.3) is 0 Å². The molecule has 0 fully saturated rings. The SMILES string of the molecule is CC(C)(C)C.CCOC(=O)CC(C)(C)C.CNC(=O)NC(C)(C)C.COC(=O)CC(C)(C)C. The van der Waals surface area contributed by atoms with Crippen LogP contribution in [0.5, 0.6) is 0 Å². The molecule has 33 heavy (non-hydrogen) atoms. The molecule has 0 bridgehead atoms. The normalized spacial score (nSPS) is 11.2. The van der Waals surface area contributed by atoms with E-state index in [1.54, 1.807) is 7.05 Å². The number of hydrogen-bond donors (Lipinski definition) is 2. The topological polar surface area (TPSA) is 93.7 Å². The Morgan fingerprint density at radius 3 is 1.18 bits per heavy atom. The Kier molecular flexibility index (Phi) is 20.6. The molecule has 200 valence electrons. The Balaban J connectivity index is -0.000000174. The van der Waals surface area contributed by atoms with Crippen molar-refractivity contribution in [2.75, 3.05) is 20.8 Å². The van der Waals surface area contributed by atoms with Crippen LogP contribution in [0.25, 0.3) is 0 Å². The van der Waals surface area contributed by atoms with Gasteiger partial charge in [0.2, 0.25) is 0 Å². The summed E-state index contributed by atoms with van der Waals surface area (Å²) in [5.74, 6) is -0.238. The molecule has 0 aliphatic rings. The maximum absolute atomic E-state index is 10.8. The second kappa shape index (κ2) is 17.7. The van der Waals surface area contributed by atoms with Crippen molar-refractivity contribution in [2.24, 2.45) is 16.2 Å². The van der Waals surface area contributed by atoms with Crippen molar-refractivity contribution in [3.8, 4) is 0 Å². The second-order valence-corrected chi connectivity index (χ2v) is 12.8. The number of carbonyl (C=O) groups is 3. The van der Waals surface area contributed by atoms with E-state index < -0.39 is 0 Å². The third-order valence-corrected chi connectivity index (χ3v) is 2.60. The van der Waals surface area contributed by atoms with Crippen LogP contribution in [-0.4, -0.2) is 44.3 Å². The minimum absolute atomic E-state index is 0.0479. The van der Waals surface area contributed by atoms with Gasteiger partial charge in [-0.15, -0.1) is 0 Å². The summed E-state index contributed by atoms with van der Waals surface area (Å²) < 4.78 is 9.27. The third-order valence-electron chi connectivity index (χ3n) is 2.60. The summed E-state index contributed by atoms with van der Waals surface area (Å²) in [6.07, 6.45) is 0.990. The Morgan fingerprint density at radius 2 is 1.03 bits per heavy atom. The van der Waals surface area contributed by atoms with E-state index in [0.717, 1.165) is 0 Å². The van der Waals surface area contributed by atoms with E-state index in [1.807, 2.05) is 69.2 Å². The predicted octanol–water partition coefficient (Wildman–Crippen LogP) is 6.35. The highest BCUT2D eigenvalue weighted by molar-refractivity contribution is 5.74. The molecule has 0 aromatic carbocycles. The first-order valence-electron chi connectivity index (χ1n) is 11.6. The molecule has 7 nitrogen and oxygen atoms in total. The fourth-order valence-electron chi connectivity index (χ4n) is 1.55. The van der Waals surface area contributed by atoms with Crippen molar-refractivity contribution in [3.05, 3.63) is 0 Å². The summed E-state index contributed by atoms with van der Waals surface area (Å²) in [6.45, 7) is 28.9. The zero-order valence-corrected chi connectivity index (χ0v) is 24.7. The Morgan fingerprint density at radius 1 is 0.697 bits per heavy atom. The third kappa shape index (κ3) is 58.9. The van der Waals surface area contributed by atoms with Crippen LogP contribution in [0, 0.1) is 16.2 Å². The molecule has 0 spiro atoms. The van der Waals surface area contributed by atoms with E-state index in [1.165, 1.54) is 7.11 Å². The molecule has 2 N–H and O–H groups in total. The lowest BCUT2D eigenvalue weighted by atomic mass is 9.92. The highest BCUT2D eigenvalue weighted by atomic mass is 16.5. The van der Waals surface area contributed by atoms with Gasteiger partial charge in [0, 0.05) is 12.6 Å². The number of urea groups is 1. The molecule has 7 heteroatoms. The monoisotopic (exact) mass is 476 g/mol. The summed E-state index contributed by atoms with van der Waals surface area (Å²) in [5.41, 5.74) is 0.458. The van der Waals surface area contributed by atoms with Gasteiger partial charge >= 0.3 is 18.0 Å². The summed E-state index contributed by atoms with van der Waals surface area (Å²) >= 11 is 0. The first kappa shape index (κ1) is 38.5. The Bertz CT molecular complexity index is 497. The van der Waals surface area contributed by atoms with Gasteiger partial charge in [0.05, 0.1) is 26.6 Å². The smallest absolute Gasteiger partial charge is 0.314 e. The number of carbonyl (C=O) groups excluding carboxylic acids is 3. The van der Waals surface area contributed by atoms with Gasteiger partial charge in [-0.2, -0.15) is 0 Å². The number of methoxy groups -OCH3 is 1. The minimum Gasteiger partial charge on any atom is -0.469 e. The number of esters is 2. The van der Waals surface area contributed by atoms with Crippen molar-refractivity contribution in [2.45, 2.75) is 115 Å². The van der Waals surface area contributed by atoms with E-state index in [-0.39, 0.29) is 34.3 Å². The fraction of sp³-hybridized carbons (Fsp3) is 0.885. The molecular weight excluding hydrogens is 420 g/mol. The van der Waals surface area contributed by atoms with Gasteiger partial charge in [0.1, 0.15) is 0 Å². The van der Waals surface area contributed by atoms with E-state index in [4.69, 9.17) is 4.74 Å². The summed E-state index contributed by atoms with van der Waals surface area (Å²) in [6, 6.07) is -0.137.